The number of hydrogen-bond donors (Lipinski definition) is 0. The third kappa shape index (κ3) is 2.00. The molecule has 0 fully saturated rings. The maximum atomic E-state index is 13.6. The molecule has 3 nitrogen and oxygen atoms in total. The van der Waals surface area contributed by atoms with Gasteiger partial charge >= 0.3 is 5.97 Å². The average molecular weight is 302 g/mol. The van der Waals surface area contributed by atoms with Gasteiger partial charge in [-0.2, -0.15) is 0 Å². The molecule has 1 aromatic heterocycles. The molecule has 0 amide bonds. The van der Waals surface area contributed by atoms with Crippen LogP contribution in [-0.4, -0.2) is 18.1 Å². The van der Waals surface area contributed by atoms with E-state index in [0.717, 1.165) is 12.1 Å². The maximum Gasteiger partial charge on any atom is 0.357 e. The molecule has 0 N–H and O–H groups in total. The fourth-order valence-electron chi connectivity index (χ4n) is 1.52. The SMILES string of the molecule is COC(=O)c1ncc(Br)c2c(F)cc(F)cc12. The van der Waals surface area contributed by atoms with Crippen molar-refractivity contribution in [2.24, 2.45) is 0 Å². The lowest BCUT2D eigenvalue weighted by Gasteiger charge is -2.06. The van der Waals surface area contributed by atoms with Gasteiger partial charge in [0.2, 0.25) is 0 Å². The Kier molecular flexibility index (Phi) is 3.06. The first-order valence-electron chi connectivity index (χ1n) is 4.56. The number of pyridine rings is 1. The van der Waals surface area contributed by atoms with Crippen molar-refractivity contribution in [3.8, 4) is 0 Å². The summed E-state index contributed by atoms with van der Waals surface area (Å²) in [6.07, 6.45) is 1.27. The van der Waals surface area contributed by atoms with Gasteiger partial charge in [0.25, 0.3) is 0 Å². The van der Waals surface area contributed by atoms with Crippen LogP contribution in [0.2, 0.25) is 0 Å². The van der Waals surface area contributed by atoms with Crippen LogP contribution in [0.25, 0.3) is 10.8 Å². The van der Waals surface area contributed by atoms with Crippen LogP contribution in [-0.2, 0) is 4.74 Å². The molecule has 0 unspecified atom stereocenters. The summed E-state index contributed by atoms with van der Waals surface area (Å²) in [5, 5.41) is 0.172. The van der Waals surface area contributed by atoms with E-state index in [1.165, 1.54) is 13.3 Å². The van der Waals surface area contributed by atoms with Crippen LogP contribution in [0.5, 0.6) is 0 Å². The Hall–Kier alpha value is -1.56. The predicted octanol–water partition coefficient (Wildman–Crippen LogP) is 3.06. The number of rotatable bonds is 1. The summed E-state index contributed by atoms with van der Waals surface area (Å²) >= 11 is 3.10. The van der Waals surface area contributed by atoms with Gasteiger partial charge in [-0.1, -0.05) is 0 Å². The summed E-state index contributed by atoms with van der Waals surface area (Å²) in [5.74, 6) is -2.29. The zero-order chi connectivity index (χ0) is 12.6. The van der Waals surface area contributed by atoms with Crippen LogP contribution in [0.1, 0.15) is 10.5 Å². The molecular formula is C11H6BrF2NO2. The Balaban J connectivity index is 2.89. The molecule has 2 rings (SSSR count). The Labute approximate surface area is 104 Å². The number of esters is 1. The van der Waals surface area contributed by atoms with Crippen molar-refractivity contribution >= 4 is 32.7 Å². The van der Waals surface area contributed by atoms with Gasteiger partial charge in [-0.3, -0.25) is 0 Å². The Morgan fingerprint density at radius 1 is 1.41 bits per heavy atom. The van der Waals surface area contributed by atoms with E-state index >= 15 is 0 Å². The minimum atomic E-state index is -0.778. The molecule has 0 aliphatic carbocycles. The summed E-state index contributed by atoms with van der Waals surface area (Å²) in [5.41, 5.74) is -0.121. The fourth-order valence-corrected chi connectivity index (χ4v) is 2.02. The third-order valence-corrected chi connectivity index (χ3v) is 2.84. The number of ether oxygens (including phenoxy) is 1. The summed E-state index contributed by atoms with van der Waals surface area (Å²) in [6, 6.07) is 1.79. The van der Waals surface area contributed by atoms with Crippen molar-refractivity contribution in [2.75, 3.05) is 7.11 Å². The van der Waals surface area contributed by atoms with Gasteiger partial charge in [-0.05, 0) is 22.0 Å². The first kappa shape index (κ1) is 11.9. The van der Waals surface area contributed by atoms with Crippen molar-refractivity contribution in [2.45, 2.75) is 0 Å². The highest BCUT2D eigenvalue weighted by atomic mass is 79.9. The van der Waals surface area contributed by atoms with Crippen molar-refractivity contribution in [3.63, 3.8) is 0 Å². The van der Waals surface area contributed by atoms with E-state index in [0.29, 0.717) is 4.47 Å². The van der Waals surface area contributed by atoms with Gasteiger partial charge in [-0.15, -0.1) is 0 Å². The number of benzene rings is 1. The first-order chi connectivity index (χ1) is 8.04. The molecule has 17 heavy (non-hydrogen) atoms. The third-order valence-electron chi connectivity index (χ3n) is 2.23. The van der Waals surface area contributed by atoms with Gasteiger partial charge in [0.05, 0.1) is 7.11 Å². The monoisotopic (exact) mass is 301 g/mol. The first-order valence-corrected chi connectivity index (χ1v) is 5.35. The number of carbonyl (C=O) groups excluding carboxylic acids is 1. The number of fused-ring (bicyclic) bond motifs is 1. The molecule has 0 atom stereocenters. The smallest absolute Gasteiger partial charge is 0.357 e. The second kappa shape index (κ2) is 4.37. The van der Waals surface area contributed by atoms with Crippen LogP contribution in [0.3, 0.4) is 0 Å². The Bertz CT molecular complexity index is 616. The van der Waals surface area contributed by atoms with Crippen molar-refractivity contribution in [3.05, 3.63) is 40.1 Å². The lowest BCUT2D eigenvalue weighted by atomic mass is 10.1. The highest BCUT2D eigenvalue weighted by Crippen LogP contribution is 2.29. The van der Waals surface area contributed by atoms with E-state index in [1.54, 1.807) is 0 Å². The van der Waals surface area contributed by atoms with E-state index in [2.05, 4.69) is 25.7 Å². The summed E-state index contributed by atoms with van der Waals surface area (Å²) in [4.78, 5) is 15.2. The van der Waals surface area contributed by atoms with Crippen molar-refractivity contribution in [1.82, 2.24) is 4.98 Å². The lowest BCUT2D eigenvalue weighted by molar-refractivity contribution is 0.0596. The van der Waals surface area contributed by atoms with E-state index in [4.69, 9.17) is 0 Å². The minimum Gasteiger partial charge on any atom is -0.464 e. The van der Waals surface area contributed by atoms with Crippen LogP contribution < -0.4 is 0 Å². The van der Waals surface area contributed by atoms with E-state index in [9.17, 15) is 13.6 Å². The largest absolute Gasteiger partial charge is 0.464 e. The number of halogens is 3. The molecule has 0 aliphatic heterocycles. The highest BCUT2D eigenvalue weighted by Gasteiger charge is 2.17. The molecule has 2 aromatic rings. The average Bonchev–Trinajstić information content (AvgIpc) is 2.27. The van der Waals surface area contributed by atoms with E-state index < -0.39 is 17.6 Å². The molecule has 88 valence electrons. The molecule has 0 aliphatic rings. The Morgan fingerprint density at radius 3 is 2.76 bits per heavy atom. The van der Waals surface area contributed by atoms with Crippen LogP contribution in [0, 0.1) is 11.6 Å². The van der Waals surface area contributed by atoms with Crippen molar-refractivity contribution < 1.29 is 18.3 Å². The van der Waals surface area contributed by atoms with Gasteiger partial charge < -0.3 is 4.74 Å². The standard InChI is InChI=1S/C11H6BrF2NO2/c1-17-11(16)10-6-2-5(13)3-8(14)9(6)7(12)4-15-10/h2-4H,1H3. The second-order valence-corrected chi connectivity index (χ2v) is 4.11. The maximum absolute atomic E-state index is 13.6. The fraction of sp³-hybridized carbons (Fsp3) is 0.0909. The minimum absolute atomic E-state index is 0.0729. The molecular weight excluding hydrogens is 296 g/mol. The highest BCUT2D eigenvalue weighted by molar-refractivity contribution is 9.10. The van der Waals surface area contributed by atoms with Crippen LogP contribution >= 0.6 is 15.9 Å². The second-order valence-electron chi connectivity index (χ2n) is 3.26. The van der Waals surface area contributed by atoms with Gasteiger partial charge in [0.1, 0.15) is 11.6 Å². The molecule has 0 bridgehead atoms. The van der Waals surface area contributed by atoms with Crippen LogP contribution in [0.4, 0.5) is 8.78 Å². The number of nitrogens with zero attached hydrogens (tertiary/aromatic N) is 1. The van der Waals surface area contributed by atoms with Gasteiger partial charge in [0.15, 0.2) is 5.69 Å². The van der Waals surface area contributed by atoms with E-state index in [-0.39, 0.29) is 16.5 Å². The number of hydrogen-bond acceptors (Lipinski definition) is 3. The van der Waals surface area contributed by atoms with Gasteiger partial charge in [-0.25, -0.2) is 18.6 Å². The van der Waals surface area contributed by atoms with E-state index in [1.807, 2.05) is 0 Å². The summed E-state index contributed by atoms with van der Waals surface area (Å²) in [7, 11) is 1.17. The molecule has 1 heterocycles. The number of aromatic nitrogens is 1. The topological polar surface area (TPSA) is 39.2 Å². The number of carbonyl (C=O) groups is 1. The molecule has 0 saturated carbocycles. The normalized spacial score (nSPS) is 10.6. The lowest BCUT2D eigenvalue weighted by Crippen LogP contribution is -2.06. The summed E-state index contributed by atoms with van der Waals surface area (Å²) in [6.45, 7) is 0. The Morgan fingerprint density at radius 2 is 2.12 bits per heavy atom. The zero-order valence-corrected chi connectivity index (χ0v) is 10.2. The van der Waals surface area contributed by atoms with Crippen LogP contribution in [0.15, 0.2) is 22.8 Å². The zero-order valence-electron chi connectivity index (χ0n) is 8.63. The molecule has 0 radical (unpaired) electrons. The molecule has 0 spiro atoms. The quantitative estimate of drug-likeness (QED) is 0.760. The van der Waals surface area contributed by atoms with Gasteiger partial charge in [0, 0.05) is 27.5 Å². The molecule has 6 heteroatoms. The number of methoxy groups -OCH3 is 1. The summed E-state index contributed by atoms with van der Waals surface area (Å²) < 4.78 is 31.6. The molecule has 1 aromatic carbocycles. The molecule has 0 saturated heterocycles. The van der Waals surface area contributed by atoms with Crippen molar-refractivity contribution in [1.29, 1.82) is 0 Å². The predicted molar refractivity (Wildman–Crippen MR) is 60.7 cm³/mol.